The highest BCUT2D eigenvalue weighted by Gasteiger charge is 2.15. The number of benzene rings is 1. The maximum Gasteiger partial charge on any atom is 0.253 e. The van der Waals surface area contributed by atoms with Crippen molar-refractivity contribution in [1.29, 1.82) is 0 Å². The van der Waals surface area contributed by atoms with E-state index in [1.54, 1.807) is 37.3 Å². The van der Waals surface area contributed by atoms with E-state index < -0.39 is 11.9 Å². The van der Waals surface area contributed by atoms with Gasteiger partial charge in [-0.2, -0.15) is 0 Å². The Kier molecular flexibility index (Phi) is 4.54. The van der Waals surface area contributed by atoms with Gasteiger partial charge in [0.15, 0.2) is 11.6 Å². The molecule has 0 spiro atoms. The van der Waals surface area contributed by atoms with Crippen molar-refractivity contribution < 1.29 is 4.39 Å². The molecule has 0 saturated carbocycles. The summed E-state index contributed by atoms with van der Waals surface area (Å²) in [4.78, 5) is 19.1. The summed E-state index contributed by atoms with van der Waals surface area (Å²) in [6, 6.07) is 8.16. The van der Waals surface area contributed by atoms with Gasteiger partial charge in [0.2, 0.25) is 0 Å². The normalized spacial score (nSPS) is 12.3. The molecule has 0 aliphatic carbocycles. The standard InChI is InChI=1S/C16H12ClFIN3O/c1-8(21-15-14(18)12(19)4-5-20-15)11-7-9-6-10(17)2-3-13(9)22-16(11)23/h2-8H,1H3,(H,20,21)(H,22,23)/t8-/m0/s1. The molecule has 3 rings (SSSR count). The number of aromatic nitrogens is 2. The van der Waals surface area contributed by atoms with E-state index in [2.05, 4.69) is 15.3 Å². The Balaban J connectivity index is 2.00. The Morgan fingerprint density at radius 3 is 2.91 bits per heavy atom. The Labute approximate surface area is 150 Å². The fourth-order valence-corrected chi connectivity index (χ4v) is 2.92. The molecule has 118 valence electrons. The van der Waals surface area contributed by atoms with Crippen LogP contribution in [0.15, 0.2) is 41.3 Å². The lowest BCUT2D eigenvalue weighted by Gasteiger charge is -2.15. The molecule has 3 aromatic rings. The molecule has 0 fully saturated rings. The molecule has 4 nitrogen and oxygen atoms in total. The monoisotopic (exact) mass is 443 g/mol. The van der Waals surface area contributed by atoms with Gasteiger partial charge in [-0.25, -0.2) is 9.37 Å². The second-order valence-corrected chi connectivity index (χ2v) is 6.71. The van der Waals surface area contributed by atoms with Crippen LogP contribution >= 0.6 is 34.2 Å². The maximum atomic E-state index is 14.0. The van der Waals surface area contributed by atoms with Crippen molar-refractivity contribution >= 4 is 50.9 Å². The van der Waals surface area contributed by atoms with Crippen molar-refractivity contribution in [2.75, 3.05) is 5.32 Å². The minimum Gasteiger partial charge on any atom is -0.361 e. The number of hydrogen-bond acceptors (Lipinski definition) is 3. The minimum atomic E-state index is -0.430. The Morgan fingerprint density at radius 2 is 2.13 bits per heavy atom. The molecule has 0 radical (unpaired) electrons. The number of hydrogen-bond donors (Lipinski definition) is 2. The van der Waals surface area contributed by atoms with E-state index >= 15 is 0 Å². The molecule has 1 atom stereocenters. The number of pyridine rings is 2. The van der Waals surface area contributed by atoms with Crippen LogP contribution in [0.3, 0.4) is 0 Å². The van der Waals surface area contributed by atoms with Gasteiger partial charge in [-0.1, -0.05) is 11.6 Å². The highest BCUT2D eigenvalue weighted by molar-refractivity contribution is 14.1. The summed E-state index contributed by atoms with van der Waals surface area (Å²) in [5, 5.41) is 4.34. The predicted molar refractivity (Wildman–Crippen MR) is 98.5 cm³/mol. The number of halogens is 3. The zero-order chi connectivity index (χ0) is 16.6. The Morgan fingerprint density at radius 1 is 1.35 bits per heavy atom. The summed E-state index contributed by atoms with van der Waals surface area (Å²) in [7, 11) is 0. The summed E-state index contributed by atoms with van der Waals surface area (Å²) < 4.78 is 14.5. The molecule has 7 heteroatoms. The molecule has 0 bridgehead atoms. The molecule has 0 saturated heterocycles. The van der Waals surface area contributed by atoms with Gasteiger partial charge in [-0.3, -0.25) is 4.79 Å². The average molecular weight is 444 g/mol. The van der Waals surface area contributed by atoms with E-state index in [1.165, 1.54) is 6.20 Å². The first-order chi connectivity index (χ1) is 11.0. The van der Waals surface area contributed by atoms with Crippen LogP contribution in [-0.2, 0) is 0 Å². The lowest BCUT2D eigenvalue weighted by Crippen LogP contribution is -2.20. The molecular formula is C16H12ClFIN3O. The van der Waals surface area contributed by atoms with Gasteiger partial charge in [0.25, 0.3) is 5.56 Å². The van der Waals surface area contributed by atoms with Crippen LogP contribution in [0.1, 0.15) is 18.5 Å². The molecule has 0 aliphatic heterocycles. The highest BCUT2D eigenvalue weighted by atomic mass is 127. The second kappa shape index (κ2) is 6.45. The van der Waals surface area contributed by atoms with Gasteiger partial charge in [-0.05, 0) is 59.8 Å². The fraction of sp³-hybridized carbons (Fsp3) is 0.125. The largest absolute Gasteiger partial charge is 0.361 e. The first-order valence-electron chi connectivity index (χ1n) is 6.84. The van der Waals surface area contributed by atoms with Gasteiger partial charge in [0.1, 0.15) is 0 Å². The number of anilines is 1. The predicted octanol–water partition coefficient (Wildman–Crippen LogP) is 4.49. The molecule has 1 aromatic carbocycles. The van der Waals surface area contributed by atoms with Crippen molar-refractivity contribution in [1.82, 2.24) is 9.97 Å². The third-order valence-corrected chi connectivity index (χ3v) is 4.57. The molecule has 23 heavy (non-hydrogen) atoms. The average Bonchev–Trinajstić information content (AvgIpc) is 2.51. The van der Waals surface area contributed by atoms with Crippen molar-refractivity contribution in [3.63, 3.8) is 0 Å². The van der Waals surface area contributed by atoms with Gasteiger partial charge in [0.05, 0.1) is 9.61 Å². The zero-order valence-electron chi connectivity index (χ0n) is 12.0. The van der Waals surface area contributed by atoms with E-state index in [-0.39, 0.29) is 11.4 Å². The fourth-order valence-electron chi connectivity index (χ4n) is 2.32. The van der Waals surface area contributed by atoms with Crippen molar-refractivity contribution in [2.24, 2.45) is 0 Å². The third-order valence-electron chi connectivity index (χ3n) is 3.50. The first-order valence-corrected chi connectivity index (χ1v) is 8.30. The second-order valence-electron chi connectivity index (χ2n) is 5.11. The first kappa shape index (κ1) is 16.2. The van der Waals surface area contributed by atoms with E-state index in [9.17, 15) is 9.18 Å². The van der Waals surface area contributed by atoms with Crippen molar-refractivity contribution in [3.8, 4) is 0 Å². The van der Waals surface area contributed by atoms with Gasteiger partial charge < -0.3 is 10.3 Å². The summed E-state index contributed by atoms with van der Waals surface area (Å²) >= 11 is 7.89. The number of nitrogens with zero attached hydrogens (tertiary/aromatic N) is 1. The molecular weight excluding hydrogens is 432 g/mol. The molecule has 2 aromatic heterocycles. The van der Waals surface area contributed by atoms with Crippen LogP contribution in [0.5, 0.6) is 0 Å². The van der Waals surface area contributed by atoms with Gasteiger partial charge in [0, 0.05) is 27.7 Å². The summed E-state index contributed by atoms with van der Waals surface area (Å²) in [5.41, 5.74) is 0.958. The van der Waals surface area contributed by atoms with Gasteiger partial charge >= 0.3 is 0 Å². The van der Waals surface area contributed by atoms with Crippen LogP contribution in [0.25, 0.3) is 10.9 Å². The third kappa shape index (κ3) is 3.32. The van der Waals surface area contributed by atoms with Crippen LogP contribution in [-0.4, -0.2) is 9.97 Å². The van der Waals surface area contributed by atoms with Crippen molar-refractivity contribution in [2.45, 2.75) is 13.0 Å². The van der Waals surface area contributed by atoms with Crippen molar-refractivity contribution in [3.05, 3.63) is 66.9 Å². The summed E-state index contributed by atoms with van der Waals surface area (Å²) in [5.74, 6) is -0.310. The number of aromatic amines is 1. The number of fused-ring (bicyclic) bond motifs is 1. The van der Waals surface area contributed by atoms with Crippen LogP contribution in [0, 0.1) is 9.39 Å². The van der Waals surface area contributed by atoms with Crippen LogP contribution in [0.2, 0.25) is 5.02 Å². The lowest BCUT2D eigenvalue weighted by atomic mass is 10.1. The molecule has 2 heterocycles. The molecule has 0 amide bonds. The van der Waals surface area contributed by atoms with E-state index in [0.29, 0.717) is 19.7 Å². The summed E-state index contributed by atoms with van der Waals surface area (Å²) in [6.45, 7) is 1.78. The Hall–Kier alpha value is -1.67. The Bertz CT molecular complexity index is 944. The SMILES string of the molecule is C[C@H](Nc1nccc(I)c1F)c1cc2cc(Cl)ccc2[nH]c1=O. The molecule has 0 aliphatic rings. The molecule has 0 unspecified atom stereocenters. The number of nitrogens with one attached hydrogen (secondary N) is 2. The molecule has 2 N–H and O–H groups in total. The summed E-state index contributed by atoms with van der Waals surface area (Å²) in [6.07, 6.45) is 1.52. The number of H-pyrrole nitrogens is 1. The van der Waals surface area contributed by atoms with E-state index in [4.69, 9.17) is 11.6 Å². The van der Waals surface area contributed by atoms with E-state index in [0.717, 1.165) is 5.39 Å². The maximum absolute atomic E-state index is 14.0. The zero-order valence-corrected chi connectivity index (χ0v) is 14.9. The van der Waals surface area contributed by atoms with Crippen LogP contribution in [0.4, 0.5) is 10.2 Å². The lowest BCUT2D eigenvalue weighted by molar-refractivity contribution is 0.613. The van der Waals surface area contributed by atoms with E-state index in [1.807, 2.05) is 22.6 Å². The topological polar surface area (TPSA) is 57.8 Å². The smallest absolute Gasteiger partial charge is 0.253 e. The van der Waals surface area contributed by atoms with Gasteiger partial charge in [-0.15, -0.1) is 0 Å². The highest BCUT2D eigenvalue weighted by Crippen LogP contribution is 2.23. The quantitative estimate of drug-likeness (QED) is 0.586. The minimum absolute atomic E-state index is 0.120. The number of rotatable bonds is 3. The van der Waals surface area contributed by atoms with Crippen LogP contribution < -0.4 is 10.9 Å².